The summed E-state index contributed by atoms with van der Waals surface area (Å²) in [4.78, 5) is 4.53. The summed E-state index contributed by atoms with van der Waals surface area (Å²) in [5, 5.41) is 5.29. The quantitative estimate of drug-likeness (QED) is 0.770. The first kappa shape index (κ1) is 13.8. The van der Waals surface area contributed by atoms with Crippen LogP contribution in [0.5, 0.6) is 0 Å². The minimum absolute atomic E-state index is 0.753. The fraction of sp³-hybridized carbons (Fsp3) is 0.643. The van der Waals surface area contributed by atoms with E-state index in [1.807, 2.05) is 18.0 Å². The van der Waals surface area contributed by atoms with E-state index in [9.17, 15) is 0 Å². The first-order valence-electron chi connectivity index (χ1n) is 6.70. The minimum atomic E-state index is 0.753. The van der Waals surface area contributed by atoms with Gasteiger partial charge in [0.2, 0.25) is 0 Å². The second kappa shape index (κ2) is 7.77. The summed E-state index contributed by atoms with van der Waals surface area (Å²) in [6, 6.07) is 4.32. The van der Waals surface area contributed by atoms with Crippen LogP contribution in [0, 0.1) is 0 Å². The SMILES string of the molecule is COCCNCc1ccc(SC2CCCC2)nc1. The third-order valence-corrected chi connectivity index (χ3v) is 4.49. The van der Waals surface area contributed by atoms with Gasteiger partial charge in [-0.05, 0) is 24.5 Å². The van der Waals surface area contributed by atoms with Gasteiger partial charge in [-0.25, -0.2) is 4.98 Å². The van der Waals surface area contributed by atoms with Crippen molar-refractivity contribution >= 4 is 11.8 Å². The Labute approximate surface area is 114 Å². The fourth-order valence-electron chi connectivity index (χ4n) is 2.17. The van der Waals surface area contributed by atoms with Crippen molar-refractivity contribution in [1.82, 2.24) is 10.3 Å². The Morgan fingerprint density at radius 2 is 2.22 bits per heavy atom. The highest BCUT2D eigenvalue weighted by Crippen LogP contribution is 2.33. The molecule has 1 fully saturated rings. The van der Waals surface area contributed by atoms with Crippen molar-refractivity contribution in [3.63, 3.8) is 0 Å². The van der Waals surface area contributed by atoms with Gasteiger partial charge in [-0.2, -0.15) is 0 Å². The van der Waals surface area contributed by atoms with E-state index in [1.54, 1.807) is 7.11 Å². The number of hydrogen-bond acceptors (Lipinski definition) is 4. The van der Waals surface area contributed by atoms with Crippen LogP contribution in [0.3, 0.4) is 0 Å². The van der Waals surface area contributed by atoms with E-state index < -0.39 is 0 Å². The first-order valence-corrected chi connectivity index (χ1v) is 7.57. The van der Waals surface area contributed by atoms with E-state index in [0.29, 0.717) is 0 Å². The Morgan fingerprint density at radius 3 is 2.89 bits per heavy atom. The smallest absolute Gasteiger partial charge is 0.0962 e. The van der Waals surface area contributed by atoms with Crippen molar-refractivity contribution in [2.45, 2.75) is 42.5 Å². The molecule has 1 aromatic rings. The molecule has 0 radical (unpaired) electrons. The molecule has 1 saturated carbocycles. The topological polar surface area (TPSA) is 34.1 Å². The second-order valence-corrected chi connectivity index (χ2v) is 6.02. The van der Waals surface area contributed by atoms with Gasteiger partial charge >= 0.3 is 0 Å². The van der Waals surface area contributed by atoms with Gasteiger partial charge in [0.05, 0.1) is 11.6 Å². The predicted octanol–water partition coefficient (Wildman–Crippen LogP) is 2.85. The lowest BCUT2D eigenvalue weighted by Gasteiger charge is -2.08. The molecule has 4 heteroatoms. The molecular weight excluding hydrogens is 244 g/mol. The summed E-state index contributed by atoms with van der Waals surface area (Å²) in [6.45, 7) is 2.50. The zero-order valence-electron chi connectivity index (χ0n) is 11.0. The summed E-state index contributed by atoms with van der Waals surface area (Å²) in [7, 11) is 1.72. The average Bonchev–Trinajstić information content (AvgIpc) is 2.89. The van der Waals surface area contributed by atoms with Crippen LogP contribution in [0.15, 0.2) is 23.4 Å². The molecule has 0 unspecified atom stereocenters. The van der Waals surface area contributed by atoms with Gasteiger partial charge in [0.25, 0.3) is 0 Å². The molecule has 0 aromatic carbocycles. The zero-order valence-corrected chi connectivity index (χ0v) is 11.8. The monoisotopic (exact) mass is 266 g/mol. The standard InChI is InChI=1S/C14H22N2OS/c1-17-9-8-15-10-12-6-7-14(16-11-12)18-13-4-2-3-5-13/h6-7,11,13,15H,2-5,8-10H2,1H3. The van der Waals surface area contributed by atoms with Crippen LogP contribution in [0.25, 0.3) is 0 Å². The van der Waals surface area contributed by atoms with E-state index in [1.165, 1.54) is 36.3 Å². The van der Waals surface area contributed by atoms with Gasteiger partial charge < -0.3 is 10.1 Å². The summed E-state index contributed by atoms with van der Waals surface area (Å²) >= 11 is 1.94. The molecule has 100 valence electrons. The number of pyridine rings is 1. The molecule has 0 atom stereocenters. The highest BCUT2D eigenvalue weighted by Gasteiger charge is 2.16. The van der Waals surface area contributed by atoms with E-state index >= 15 is 0 Å². The van der Waals surface area contributed by atoms with Crippen LogP contribution in [0.2, 0.25) is 0 Å². The van der Waals surface area contributed by atoms with Crippen LogP contribution in [-0.4, -0.2) is 30.5 Å². The summed E-state index contributed by atoms with van der Waals surface area (Å²) in [5.41, 5.74) is 1.24. The number of nitrogens with zero attached hydrogens (tertiary/aromatic N) is 1. The van der Waals surface area contributed by atoms with Crippen molar-refractivity contribution < 1.29 is 4.74 Å². The van der Waals surface area contributed by atoms with Crippen molar-refractivity contribution in [2.24, 2.45) is 0 Å². The van der Waals surface area contributed by atoms with Gasteiger partial charge in [0.15, 0.2) is 0 Å². The van der Waals surface area contributed by atoms with Gasteiger partial charge in [-0.1, -0.05) is 18.9 Å². The maximum atomic E-state index is 4.99. The van der Waals surface area contributed by atoms with E-state index in [4.69, 9.17) is 4.74 Å². The number of thioether (sulfide) groups is 1. The van der Waals surface area contributed by atoms with E-state index in [-0.39, 0.29) is 0 Å². The Kier molecular flexibility index (Phi) is 5.97. The zero-order chi connectivity index (χ0) is 12.6. The minimum Gasteiger partial charge on any atom is -0.383 e. The third-order valence-electron chi connectivity index (χ3n) is 3.20. The number of hydrogen-bond donors (Lipinski definition) is 1. The maximum absolute atomic E-state index is 4.99. The van der Waals surface area contributed by atoms with Crippen molar-refractivity contribution in [3.8, 4) is 0 Å². The molecule has 1 heterocycles. The lowest BCUT2D eigenvalue weighted by atomic mass is 10.3. The molecule has 0 saturated heterocycles. The van der Waals surface area contributed by atoms with E-state index in [2.05, 4.69) is 22.4 Å². The van der Waals surface area contributed by atoms with Crippen LogP contribution < -0.4 is 5.32 Å². The number of ether oxygens (including phenoxy) is 1. The second-order valence-electron chi connectivity index (χ2n) is 4.70. The molecular formula is C14H22N2OS. The van der Waals surface area contributed by atoms with Crippen LogP contribution in [0.1, 0.15) is 31.2 Å². The molecule has 1 aromatic heterocycles. The van der Waals surface area contributed by atoms with Crippen molar-refractivity contribution in [1.29, 1.82) is 0 Å². The molecule has 0 aliphatic heterocycles. The van der Waals surface area contributed by atoms with Crippen LogP contribution in [0.4, 0.5) is 0 Å². The first-order chi connectivity index (χ1) is 8.88. The molecule has 1 aliphatic rings. The largest absolute Gasteiger partial charge is 0.383 e. The highest BCUT2D eigenvalue weighted by atomic mass is 32.2. The maximum Gasteiger partial charge on any atom is 0.0962 e. The number of methoxy groups -OCH3 is 1. The summed E-state index contributed by atoms with van der Waals surface area (Å²) in [5.74, 6) is 0. The Balaban J connectivity index is 1.74. The normalized spacial score (nSPS) is 16.3. The molecule has 0 amide bonds. The number of rotatable bonds is 7. The van der Waals surface area contributed by atoms with Gasteiger partial charge in [0.1, 0.15) is 0 Å². The number of nitrogens with one attached hydrogen (secondary N) is 1. The lowest BCUT2D eigenvalue weighted by molar-refractivity contribution is 0.199. The predicted molar refractivity (Wildman–Crippen MR) is 75.9 cm³/mol. The van der Waals surface area contributed by atoms with Gasteiger partial charge in [-0.15, -0.1) is 11.8 Å². The molecule has 1 N–H and O–H groups in total. The fourth-order valence-corrected chi connectivity index (χ4v) is 3.34. The Bertz CT molecular complexity index is 336. The average molecular weight is 266 g/mol. The van der Waals surface area contributed by atoms with Crippen molar-refractivity contribution in [3.05, 3.63) is 23.9 Å². The number of aromatic nitrogens is 1. The van der Waals surface area contributed by atoms with Gasteiger partial charge in [-0.3, -0.25) is 0 Å². The van der Waals surface area contributed by atoms with Crippen LogP contribution in [-0.2, 0) is 11.3 Å². The van der Waals surface area contributed by atoms with Crippen molar-refractivity contribution in [2.75, 3.05) is 20.3 Å². The highest BCUT2D eigenvalue weighted by molar-refractivity contribution is 7.99. The molecule has 0 spiro atoms. The summed E-state index contributed by atoms with van der Waals surface area (Å²) in [6.07, 6.45) is 7.47. The molecule has 3 nitrogen and oxygen atoms in total. The molecule has 2 rings (SSSR count). The summed E-state index contributed by atoms with van der Waals surface area (Å²) < 4.78 is 4.99. The molecule has 0 bridgehead atoms. The van der Waals surface area contributed by atoms with E-state index in [0.717, 1.165) is 24.9 Å². The molecule has 18 heavy (non-hydrogen) atoms. The Hall–Kier alpha value is -0.580. The van der Waals surface area contributed by atoms with Crippen LogP contribution >= 0.6 is 11.8 Å². The molecule has 1 aliphatic carbocycles. The third kappa shape index (κ3) is 4.59. The Morgan fingerprint density at radius 1 is 1.39 bits per heavy atom. The van der Waals surface area contributed by atoms with Gasteiger partial charge in [0, 0.05) is 31.6 Å². The lowest BCUT2D eigenvalue weighted by Crippen LogP contribution is -2.18.